The van der Waals surface area contributed by atoms with Crippen molar-refractivity contribution in [3.05, 3.63) is 143 Å². The second kappa shape index (κ2) is 38.1. The fourth-order valence-electron chi connectivity index (χ4n) is 9.05. The Labute approximate surface area is 456 Å². The first kappa shape index (κ1) is 60.3. The number of aliphatic imine (C=N–C) groups is 2. The molecule has 0 aliphatic heterocycles. The van der Waals surface area contributed by atoms with Crippen molar-refractivity contribution in [2.75, 3.05) is 13.2 Å². The lowest BCUT2D eigenvalue weighted by molar-refractivity contribution is 0.0731. The van der Waals surface area contributed by atoms with Crippen LogP contribution in [0.3, 0.4) is 0 Å². The number of unbranched alkanes of at least 4 members (excludes halogenated alkanes) is 26. The van der Waals surface area contributed by atoms with Crippen LogP contribution in [0.5, 0.6) is 23.0 Å². The summed E-state index contributed by atoms with van der Waals surface area (Å²) in [5, 5.41) is 10.0. The number of carbonyl (C=O) groups excluding carboxylic acids is 2. The highest BCUT2D eigenvalue weighted by Gasteiger charge is 2.18. The number of ether oxygens (including phenoxy) is 4. The van der Waals surface area contributed by atoms with E-state index >= 15 is 0 Å². The van der Waals surface area contributed by atoms with Crippen LogP contribution in [0.25, 0.3) is 0 Å². The van der Waals surface area contributed by atoms with E-state index in [1.807, 2.05) is 54.6 Å². The Bertz CT molecular complexity index is 2290. The van der Waals surface area contributed by atoms with Gasteiger partial charge >= 0.3 is 11.9 Å². The van der Waals surface area contributed by atoms with Crippen molar-refractivity contribution in [3.63, 3.8) is 0 Å². The van der Waals surface area contributed by atoms with Crippen LogP contribution in [0.1, 0.15) is 231 Å². The first-order valence-electron chi connectivity index (χ1n) is 29.2. The number of nitrogens with zero attached hydrogens (tertiary/aromatic N) is 3. The van der Waals surface area contributed by atoms with Crippen LogP contribution in [0, 0.1) is 11.3 Å². The predicted octanol–water partition coefficient (Wildman–Crippen LogP) is 19.2. The van der Waals surface area contributed by atoms with Gasteiger partial charge < -0.3 is 18.9 Å². The van der Waals surface area contributed by atoms with Gasteiger partial charge in [-0.1, -0.05) is 211 Å². The second-order valence-corrected chi connectivity index (χ2v) is 20.2. The highest BCUT2D eigenvalue weighted by atomic mass is 16.5. The lowest BCUT2D eigenvalue weighted by atomic mass is 10.0. The van der Waals surface area contributed by atoms with Gasteiger partial charge in [0, 0.05) is 12.4 Å². The summed E-state index contributed by atoms with van der Waals surface area (Å²) < 4.78 is 23.2. The third kappa shape index (κ3) is 24.9. The number of hydrogen-bond acceptors (Lipinski definition) is 9. The first-order valence-corrected chi connectivity index (χ1v) is 29.2. The van der Waals surface area contributed by atoms with E-state index in [1.165, 1.54) is 179 Å². The number of benzene rings is 5. The molecule has 76 heavy (non-hydrogen) atoms. The number of carbonyl (C=O) groups is 2. The molecular formula is C67H87N3O6. The SMILES string of the molecule is CCCCCCCCCCCCCCCCOc1ccc(N=Cc2ccc(C(=O)Oc3cccc(OC(=O)c4ccc(C=Nc5ccc(OCCCCCCCCCCCCCCCC)cc5)cc4)c3C#N)cc2)cc1. The molecule has 9 heteroatoms. The molecule has 0 saturated carbocycles. The molecule has 0 amide bonds. The standard InChI is InChI=1S/C67H87N3O6/c1-3-5-7-9-11-13-15-17-19-21-23-25-27-29-50-73-61-46-42-59(43-47-61)69-53-55-34-38-57(39-35-55)66(71)75-64-32-31-33-65(63(64)52-68)76-67(72)58-40-36-56(37-41-58)54-70-60-44-48-62(49-45-60)74-51-30-28-26-24-22-20-18-16-14-12-10-8-6-4-2/h31-49,53-54H,3-30,50-51H2,1-2H3. The van der Waals surface area contributed by atoms with Gasteiger partial charge in [-0.2, -0.15) is 5.26 Å². The maximum Gasteiger partial charge on any atom is 0.343 e. The summed E-state index contributed by atoms with van der Waals surface area (Å²) >= 11 is 0. The quantitative estimate of drug-likeness (QED) is 0.0166. The van der Waals surface area contributed by atoms with Gasteiger partial charge in [-0.3, -0.25) is 9.98 Å². The molecule has 0 heterocycles. The van der Waals surface area contributed by atoms with E-state index < -0.39 is 11.9 Å². The monoisotopic (exact) mass is 1030 g/mol. The van der Waals surface area contributed by atoms with Gasteiger partial charge in [0.15, 0.2) is 11.5 Å². The van der Waals surface area contributed by atoms with E-state index in [0.717, 1.165) is 46.8 Å². The topological polar surface area (TPSA) is 120 Å². The zero-order valence-corrected chi connectivity index (χ0v) is 46.1. The molecule has 5 aromatic carbocycles. The number of esters is 2. The Hall–Kier alpha value is -6.53. The Morgan fingerprint density at radius 1 is 0.408 bits per heavy atom. The number of hydrogen-bond donors (Lipinski definition) is 0. The molecule has 0 aliphatic carbocycles. The zero-order chi connectivity index (χ0) is 53.5. The Morgan fingerprint density at radius 3 is 1.01 bits per heavy atom. The molecule has 0 bridgehead atoms. The number of rotatable bonds is 40. The smallest absolute Gasteiger partial charge is 0.343 e. The van der Waals surface area contributed by atoms with Crippen molar-refractivity contribution < 1.29 is 28.5 Å². The van der Waals surface area contributed by atoms with Crippen molar-refractivity contribution in [2.24, 2.45) is 9.98 Å². The summed E-state index contributed by atoms with van der Waals surface area (Å²) in [6, 6.07) is 35.6. The van der Waals surface area contributed by atoms with Crippen molar-refractivity contribution in [3.8, 4) is 29.1 Å². The average Bonchev–Trinajstić information content (AvgIpc) is 3.45. The van der Waals surface area contributed by atoms with E-state index in [1.54, 1.807) is 67.0 Å². The molecule has 0 atom stereocenters. The minimum Gasteiger partial charge on any atom is -0.494 e. The van der Waals surface area contributed by atoms with Crippen LogP contribution < -0.4 is 18.9 Å². The molecule has 0 N–H and O–H groups in total. The molecule has 0 saturated heterocycles. The van der Waals surface area contributed by atoms with Crippen molar-refractivity contribution in [1.82, 2.24) is 0 Å². The van der Waals surface area contributed by atoms with Crippen LogP contribution in [0.4, 0.5) is 11.4 Å². The van der Waals surface area contributed by atoms with Gasteiger partial charge in [-0.15, -0.1) is 0 Å². The average molecular weight is 1030 g/mol. The summed E-state index contributed by atoms with van der Waals surface area (Å²) in [5.74, 6) is 0.300. The largest absolute Gasteiger partial charge is 0.494 e. The van der Waals surface area contributed by atoms with E-state index in [2.05, 4.69) is 23.8 Å². The van der Waals surface area contributed by atoms with Crippen LogP contribution >= 0.6 is 0 Å². The Morgan fingerprint density at radius 2 is 0.711 bits per heavy atom. The lowest BCUT2D eigenvalue weighted by Crippen LogP contribution is -2.12. The van der Waals surface area contributed by atoms with Gasteiger partial charge in [-0.05, 0) is 109 Å². The second-order valence-electron chi connectivity index (χ2n) is 20.2. The molecule has 0 radical (unpaired) electrons. The van der Waals surface area contributed by atoms with Crippen molar-refractivity contribution in [2.45, 2.75) is 194 Å². The van der Waals surface area contributed by atoms with E-state index in [9.17, 15) is 14.9 Å². The minimum absolute atomic E-state index is 0.0216. The summed E-state index contributed by atoms with van der Waals surface area (Å²) in [5.41, 5.74) is 3.64. The molecule has 5 rings (SSSR count). The maximum absolute atomic E-state index is 13.2. The van der Waals surface area contributed by atoms with Gasteiger partial charge in [0.1, 0.15) is 23.1 Å². The van der Waals surface area contributed by atoms with Gasteiger partial charge in [0.25, 0.3) is 0 Å². The molecule has 9 nitrogen and oxygen atoms in total. The zero-order valence-electron chi connectivity index (χ0n) is 46.1. The van der Waals surface area contributed by atoms with Crippen molar-refractivity contribution >= 4 is 35.7 Å². The normalized spacial score (nSPS) is 11.3. The van der Waals surface area contributed by atoms with E-state index in [4.69, 9.17) is 18.9 Å². The summed E-state index contributed by atoms with van der Waals surface area (Å²) in [6.45, 7) is 5.98. The number of nitriles is 1. The molecule has 0 aliphatic rings. The maximum atomic E-state index is 13.2. The molecule has 0 aromatic heterocycles. The summed E-state index contributed by atoms with van der Waals surface area (Å²) in [7, 11) is 0. The van der Waals surface area contributed by atoms with Crippen LogP contribution in [0.15, 0.2) is 125 Å². The summed E-state index contributed by atoms with van der Waals surface area (Å²) in [6.07, 6.45) is 40.8. The Balaban J connectivity index is 0.954. The third-order valence-electron chi connectivity index (χ3n) is 13.7. The molecular weight excluding hydrogens is 943 g/mol. The van der Waals surface area contributed by atoms with E-state index in [-0.39, 0.29) is 28.2 Å². The minimum atomic E-state index is -0.662. The third-order valence-corrected chi connectivity index (χ3v) is 13.7. The highest BCUT2D eigenvalue weighted by molar-refractivity contribution is 5.94. The Kier molecular flexibility index (Phi) is 30.2. The van der Waals surface area contributed by atoms with Gasteiger partial charge in [0.2, 0.25) is 0 Å². The lowest BCUT2D eigenvalue weighted by Gasteiger charge is -2.10. The van der Waals surface area contributed by atoms with Crippen LogP contribution in [-0.4, -0.2) is 37.6 Å². The van der Waals surface area contributed by atoms with Crippen LogP contribution in [0.2, 0.25) is 0 Å². The summed E-state index contributed by atoms with van der Waals surface area (Å²) in [4.78, 5) is 35.6. The fourth-order valence-corrected chi connectivity index (χ4v) is 9.05. The van der Waals surface area contributed by atoms with Gasteiger partial charge in [0.05, 0.1) is 35.7 Å². The van der Waals surface area contributed by atoms with Crippen molar-refractivity contribution in [1.29, 1.82) is 5.26 Å². The van der Waals surface area contributed by atoms with Crippen LogP contribution in [-0.2, 0) is 0 Å². The molecule has 406 valence electrons. The first-order chi connectivity index (χ1) is 37.4. The van der Waals surface area contributed by atoms with Gasteiger partial charge in [-0.25, -0.2) is 9.59 Å². The highest BCUT2D eigenvalue weighted by Crippen LogP contribution is 2.30. The molecule has 0 fully saturated rings. The molecule has 0 spiro atoms. The fraction of sp³-hybridized carbons (Fsp3) is 0.478. The molecule has 5 aromatic rings. The van der Waals surface area contributed by atoms with E-state index in [0.29, 0.717) is 13.2 Å². The predicted molar refractivity (Wildman–Crippen MR) is 313 cm³/mol. The molecule has 0 unspecified atom stereocenters.